The van der Waals surface area contributed by atoms with Gasteiger partial charge in [-0.1, -0.05) is 42.9 Å². The van der Waals surface area contributed by atoms with Crippen molar-refractivity contribution in [1.82, 2.24) is 9.97 Å². The van der Waals surface area contributed by atoms with Gasteiger partial charge in [0.25, 0.3) is 0 Å². The summed E-state index contributed by atoms with van der Waals surface area (Å²) >= 11 is 1.60. The predicted octanol–water partition coefficient (Wildman–Crippen LogP) is 4.97. The summed E-state index contributed by atoms with van der Waals surface area (Å²) in [5.74, 6) is 0.887. The maximum absolute atomic E-state index is 4.92. The first-order chi connectivity index (χ1) is 12.6. The smallest absolute Gasteiger partial charge is 0.188 e. The molecule has 0 unspecified atom stereocenters. The highest BCUT2D eigenvalue weighted by Gasteiger charge is 2.19. The number of thiazole rings is 1. The summed E-state index contributed by atoms with van der Waals surface area (Å²) < 4.78 is 0. The lowest BCUT2D eigenvalue weighted by Crippen LogP contribution is -2.22. The van der Waals surface area contributed by atoms with Crippen LogP contribution in [-0.2, 0) is 0 Å². The lowest BCUT2D eigenvalue weighted by atomic mass is 10.2. The molecule has 26 heavy (non-hydrogen) atoms. The van der Waals surface area contributed by atoms with Gasteiger partial charge in [0.05, 0.1) is 5.69 Å². The van der Waals surface area contributed by atoms with E-state index in [1.807, 2.05) is 19.2 Å². The lowest BCUT2D eigenvalue weighted by Gasteiger charge is -2.19. The fraction of sp³-hybridized carbons (Fsp3) is 0.400. The van der Waals surface area contributed by atoms with E-state index in [2.05, 4.69) is 61.4 Å². The molecule has 2 heterocycles. The van der Waals surface area contributed by atoms with Crippen LogP contribution in [0.3, 0.4) is 0 Å². The van der Waals surface area contributed by atoms with Crippen LogP contribution in [0, 0.1) is 6.92 Å². The number of rotatable bonds is 10. The van der Waals surface area contributed by atoms with Crippen molar-refractivity contribution in [2.45, 2.75) is 26.7 Å². The van der Waals surface area contributed by atoms with Crippen molar-refractivity contribution >= 4 is 38.3 Å². The minimum absolute atomic E-state index is 0.727. The van der Waals surface area contributed by atoms with E-state index in [0.29, 0.717) is 0 Å². The monoisotopic (exact) mass is 371 g/mol. The first-order valence-electron chi connectivity index (χ1n) is 8.92. The summed E-state index contributed by atoms with van der Waals surface area (Å²) in [6.07, 6.45) is 10.3. The van der Waals surface area contributed by atoms with E-state index in [0.717, 1.165) is 58.5 Å². The zero-order valence-corrected chi connectivity index (χ0v) is 17.1. The summed E-state index contributed by atoms with van der Waals surface area (Å²) in [6.45, 7) is 13.4. The maximum atomic E-state index is 4.92. The summed E-state index contributed by atoms with van der Waals surface area (Å²) in [6, 6.07) is 0. The van der Waals surface area contributed by atoms with Gasteiger partial charge in [0.2, 0.25) is 0 Å². The van der Waals surface area contributed by atoms with Crippen LogP contribution in [0.2, 0.25) is 0 Å². The van der Waals surface area contributed by atoms with Crippen molar-refractivity contribution in [3.63, 3.8) is 0 Å². The Balaban J connectivity index is 2.59. The molecule has 0 aliphatic carbocycles. The molecule has 2 aromatic rings. The van der Waals surface area contributed by atoms with E-state index in [1.54, 1.807) is 11.3 Å². The van der Waals surface area contributed by atoms with Gasteiger partial charge in [-0.05, 0) is 19.5 Å². The Kier molecular flexibility index (Phi) is 7.21. The van der Waals surface area contributed by atoms with Gasteiger partial charge < -0.3 is 15.1 Å². The molecule has 0 fully saturated rings. The molecule has 0 saturated carbocycles. The number of anilines is 3. The molecule has 6 heteroatoms. The topological polar surface area (TPSA) is 44.3 Å². The second-order valence-corrected chi connectivity index (χ2v) is 7.06. The summed E-state index contributed by atoms with van der Waals surface area (Å²) in [4.78, 5) is 14.9. The maximum Gasteiger partial charge on any atom is 0.188 e. The fourth-order valence-electron chi connectivity index (χ4n) is 2.83. The van der Waals surface area contributed by atoms with Crippen molar-refractivity contribution in [3.05, 3.63) is 43.1 Å². The van der Waals surface area contributed by atoms with Gasteiger partial charge in [0, 0.05) is 32.7 Å². The van der Waals surface area contributed by atoms with E-state index >= 15 is 0 Å². The highest BCUT2D eigenvalue weighted by molar-refractivity contribution is 7.21. The summed E-state index contributed by atoms with van der Waals surface area (Å²) in [5.41, 5.74) is 3.12. The van der Waals surface area contributed by atoms with E-state index < -0.39 is 0 Å². The largest absolute Gasteiger partial charge is 0.373 e. The lowest BCUT2D eigenvalue weighted by molar-refractivity contribution is 0.948. The average molecular weight is 372 g/mol. The van der Waals surface area contributed by atoms with Crippen LogP contribution in [0.1, 0.15) is 25.3 Å². The second-order valence-electron chi connectivity index (χ2n) is 6.10. The fourth-order valence-corrected chi connectivity index (χ4v) is 3.80. The number of pyridine rings is 1. The first kappa shape index (κ1) is 20.0. The number of nitrogens with one attached hydrogen (secondary N) is 1. The molecule has 5 nitrogen and oxygen atoms in total. The molecule has 0 radical (unpaired) electrons. The predicted molar refractivity (Wildman–Crippen MR) is 117 cm³/mol. The van der Waals surface area contributed by atoms with Gasteiger partial charge in [-0.3, -0.25) is 0 Å². The Bertz CT molecular complexity index is 783. The van der Waals surface area contributed by atoms with Gasteiger partial charge in [0.15, 0.2) is 5.13 Å². The third-order valence-electron chi connectivity index (χ3n) is 4.09. The van der Waals surface area contributed by atoms with Crippen molar-refractivity contribution in [3.8, 4) is 0 Å². The molecule has 0 amide bonds. The number of aromatic nitrogens is 2. The third kappa shape index (κ3) is 4.25. The van der Waals surface area contributed by atoms with Gasteiger partial charge in [-0.2, -0.15) is 0 Å². The molecular formula is C20H29N5S. The number of allylic oxidation sites excluding steroid dienone is 1. The molecule has 0 aliphatic rings. The number of unbranched alkanes of at least 4 members (excludes halogenated alkanes) is 1. The number of nitrogens with zero attached hydrogens (tertiary/aromatic N) is 4. The molecule has 2 rings (SSSR count). The van der Waals surface area contributed by atoms with Crippen LogP contribution < -0.4 is 15.1 Å². The molecule has 0 aliphatic heterocycles. The van der Waals surface area contributed by atoms with Gasteiger partial charge >= 0.3 is 0 Å². The molecule has 0 spiro atoms. The minimum atomic E-state index is 0.727. The van der Waals surface area contributed by atoms with Crippen molar-refractivity contribution in [2.75, 3.05) is 42.3 Å². The standard InChI is InChI=1S/C20H29N5S/c1-7-10-11-14-24(6)17-15(4)18(21-5)23-19-16(17)22-20(26-19)25(12-8-2)13-9-3/h8-9,11,14H,2-3,7,10,12-13H2,1,4-6H3,(H,21,23)/b14-11+. The molecule has 0 atom stereocenters. The highest BCUT2D eigenvalue weighted by atomic mass is 32.1. The van der Waals surface area contributed by atoms with Crippen LogP contribution in [0.25, 0.3) is 10.3 Å². The van der Waals surface area contributed by atoms with Crippen LogP contribution in [0.5, 0.6) is 0 Å². The zero-order valence-electron chi connectivity index (χ0n) is 16.2. The highest BCUT2D eigenvalue weighted by Crippen LogP contribution is 2.38. The van der Waals surface area contributed by atoms with Crippen LogP contribution in [0.15, 0.2) is 37.6 Å². The van der Waals surface area contributed by atoms with Gasteiger partial charge in [-0.25, -0.2) is 9.97 Å². The Labute approximate surface area is 160 Å². The van der Waals surface area contributed by atoms with Crippen LogP contribution >= 0.6 is 11.3 Å². The Hall–Kier alpha value is -2.34. The number of hydrogen-bond acceptors (Lipinski definition) is 6. The molecule has 0 saturated heterocycles. The van der Waals surface area contributed by atoms with Gasteiger partial charge in [-0.15, -0.1) is 13.2 Å². The van der Waals surface area contributed by atoms with E-state index in [-0.39, 0.29) is 0 Å². The van der Waals surface area contributed by atoms with Crippen LogP contribution in [0.4, 0.5) is 16.6 Å². The Morgan fingerprint density at radius 1 is 1.19 bits per heavy atom. The molecule has 2 aromatic heterocycles. The molecule has 0 aromatic carbocycles. The van der Waals surface area contributed by atoms with Crippen LogP contribution in [-0.4, -0.2) is 37.2 Å². The SMILES string of the molecule is C=CCN(CC=C)c1nc2c(N(C)/C=C/CCC)c(C)c(NC)nc2s1. The third-order valence-corrected chi connectivity index (χ3v) is 5.10. The van der Waals surface area contributed by atoms with E-state index in [9.17, 15) is 0 Å². The van der Waals surface area contributed by atoms with Crippen molar-refractivity contribution in [2.24, 2.45) is 0 Å². The first-order valence-corrected chi connectivity index (χ1v) is 9.74. The van der Waals surface area contributed by atoms with Crippen molar-refractivity contribution in [1.29, 1.82) is 0 Å². The number of hydrogen-bond donors (Lipinski definition) is 1. The average Bonchev–Trinajstić information content (AvgIpc) is 3.04. The van der Waals surface area contributed by atoms with Crippen molar-refractivity contribution < 1.29 is 0 Å². The molecular weight excluding hydrogens is 342 g/mol. The summed E-state index contributed by atoms with van der Waals surface area (Å²) in [7, 11) is 3.97. The number of fused-ring (bicyclic) bond motifs is 1. The van der Waals surface area contributed by atoms with E-state index in [4.69, 9.17) is 9.97 Å². The minimum Gasteiger partial charge on any atom is -0.373 e. The molecule has 0 bridgehead atoms. The zero-order chi connectivity index (χ0) is 19.1. The summed E-state index contributed by atoms with van der Waals surface area (Å²) in [5, 5.41) is 4.15. The van der Waals surface area contributed by atoms with E-state index in [1.165, 1.54) is 0 Å². The second kappa shape index (κ2) is 9.38. The molecule has 140 valence electrons. The quantitative estimate of drug-likeness (QED) is 0.597. The van der Waals surface area contributed by atoms with Gasteiger partial charge in [0.1, 0.15) is 16.2 Å². The normalized spacial score (nSPS) is 11.1. The molecule has 1 N–H and O–H groups in total. The Morgan fingerprint density at radius 2 is 1.88 bits per heavy atom. The Morgan fingerprint density at radius 3 is 2.46 bits per heavy atom.